The third-order valence-electron chi connectivity index (χ3n) is 6.81. The number of imidazole rings is 1. The average molecular weight is 444 g/mol. The van der Waals surface area contributed by atoms with Crippen LogP contribution < -0.4 is 15.4 Å². The smallest absolute Gasteiger partial charge is 0.140 e. The topological polar surface area (TPSA) is 77.9 Å². The Labute approximate surface area is 193 Å². The molecular formula is C26H29N5O2. The van der Waals surface area contributed by atoms with Crippen LogP contribution in [0.5, 0.6) is 5.75 Å². The maximum atomic E-state index is 6.12. The zero-order valence-corrected chi connectivity index (χ0v) is 18.9. The fraction of sp³-hybridized carbons (Fsp3) is 0.385. The molecule has 6 rings (SSSR count). The third kappa shape index (κ3) is 3.81. The normalized spacial score (nSPS) is 18.5. The molecule has 0 radical (unpaired) electrons. The average Bonchev–Trinajstić information content (AvgIpc) is 3.25. The molecule has 5 heterocycles. The van der Waals surface area contributed by atoms with Crippen molar-refractivity contribution in [3.8, 4) is 17.1 Å². The highest BCUT2D eigenvalue weighted by Gasteiger charge is 2.34. The number of para-hydroxylation sites is 1. The van der Waals surface area contributed by atoms with Gasteiger partial charge in [0, 0.05) is 42.2 Å². The van der Waals surface area contributed by atoms with E-state index in [0.29, 0.717) is 12.6 Å². The lowest BCUT2D eigenvalue weighted by molar-refractivity contribution is -0.120. The molecule has 0 atom stereocenters. The van der Waals surface area contributed by atoms with Crippen LogP contribution >= 0.6 is 0 Å². The fourth-order valence-corrected chi connectivity index (χ4v) is 4.70. The summed E-state index contributed by atoms with van der Waals surface area (Å²) in [6, 6.07) is 14.9. The van der Waals surface area contributed by atoms with Gasteiger partial charge in [-0.3, -0.25) is 4.40 Å². The van der Waals surface area contributed by atoms with E-state index in [2.05, 4.69) is 51.5 Å². The number of fused-ring (bicyclic) bond motifs is 2. The molecule has 2 saturated heterocycles. The van der Waals surface area contributed by atoms with Gasteiger partial charge in [0.2, 0.25) is 0 Å². The Balaban J connectivity index is 1.32. The van der Waals surface area contributed by atoms with Gasteiger partial charge in [-0.05, 0) is 31.0 Å². The number of piperidine rings is 1. The Morgan fingerprint density at radius 2 is 2.00 bits per heavy atom. The lowest BCUT2D eigenvalue weighted by Crippen LogP contribution is -2.44. The van der Waals surface area contributed by atoms with Gasteiger partial charge in [0.15, 0.2) is 0 Å². The first kappa shape index (κ1) is 20.4. The van der Waals surface area contributed by atoms with Gasteiger partial charge in [-0.1, -0.05) is 25.1 Å². The van der Waals surface area contributed by atoms with Crippen molar-refractivity contribution < 1.29 is 9.47 Å². The minimum absolute atomic E-state index is 0.110. The second kappa shape index (κ2) is 8.01. The largest absolute Gasteiger partial charge is 0.493 e. The Hall–Kier alpha value is -3.16. The molecule has 0 bridgehead atoms. The molecule has 1 aromatic carbocycles. The second-order valence-electron chi connectivity index (χ2n) is 9.70. The lowest BCUT2D eigenvalue weighted by atomic mass is 9.90. The zero-order chi connectivity index (χ0) is 22.4. The van der Waals surface area contributed by atoms with Crippen LogP contribution in [-0.4, -0.2) is 53.3 Å². The Morgan fingerprint density at radius 1 is 1.15 bits per heavy atom. The van der Waals surface area contributed by atoms with Crippen LogP contribution in [0.3, 0.4) is 0 Å². The van der Waals surface area contributed by atoms with Gasteiger partial charge >= 0.3 is 0 Å². The molecular weight excluding hydrogens is 414 g/mol. The second-order valence-corrected chi connectivity index (χ2v) is 9.70. The molecule has 7 heteroatoms. The highest BCUT2D eigenvalue weighted by molar-refractivity contribution is 5.92. The maximum absolute atomic E-state index is 6.12. The van der Waals surface area contributed by atoms with E-state index in [4.69, 9.17) is 20.2 Å². The number of nitrogens with zero attached hydrogens (tertiary/aromatic N) is 4. The summed E-state index contributed by atoms with van der Waals surface area (Å²) in [5.74, 6) is 0.824. The molecule has 0 amide bonds. The van der Waals surface area contributed by atoms with E-state index in [0.717, 1.165) is 72.8 Å². The SMILES string of the molecule is CC1(COc2ccn3c(-c4ccc5cccc(N6CCC(N)CC6)c5n4)cnc3c2)COC1. The number of pyridine rings is 2. The van der Waals surface area contributed by atoms with E-state index < -0.39 is 0 Å². The summed E-state index contributed by atoms with van der Waals surface area (Å²) in [7, 11) is 0. The van der Waals surface area contributed by atoms with Crippen molar-refractivity contribution in [3.05, 3.63) is 54.9 Å². The molecule has 4 aromatic rings. The predicted molar refractivity (Wildman–Crippen MR) is 130 cm³/mol. The Bertz CT molecular complexity index is 1300. The van der Waals surface area contributed by atoms with Crippen LogP contribution in [0.1, 0.15) is 19.8 Å². The van der Waals surface area contributed by atoms with Crippen molar-refractivity contribution >= 4 is 22.2 Å². The molecule has 7 nitrogen and oxygen atoms in total. The first-order chi connectivity index (χ1) is 16.1. The van der Waals surface area contributed by atoms with Crippen molar-refractivity contribution in [3.63, 3.8) is 0 Å². The van der Waals surface area contributed by atoms with E-state index >= 15 is 0 Å². The minimum atomic E-state index is 0.110. The van der Waals surface area contributed by atoms with Crippen molar-refractivity contribution in [1.29, 1.82) is 0 Å². The summed E-state index contributed by atoms with van der Waals surface area (Å²) < 4.78 is 13.4. The van der Waals surface area contributed by atoms with E-state index in [9.17, 15) is 0 Å². The number of hydrogen-bond acceptors (Lipinski definition) is 6. The number of benzene rings is 1. The molecule has 0 saturated carbocycles. The number of rotatable bonds is 5. The molecule has 3 aromatic heterocycles. The van der Waals surface area contributed by atoms with Crippen molar-refractivity contribution in [2.75, 3.05) is 37.8 Å². The number of aromatic nitrogens is 3. The van der Waals surface area contributed by atoms with Gasteiger partial charge in [-0.2, -0.15) is 0 Å². The van der Waals surface area contributed by atoms with Crippen LogP contribution in [0.25, 0.3) is 27.9 Å². The molecule has 2 N–H and O–H groups in total. The highest BCUT2D eigenvalue weighted by atomic mass is 16.5. The van der Waals surface area contributed by atoms with Gasteiger partial charge < -0.3 is 20.1 Å². The summed E-state index contributed by atoms with van der Waals surface area (Å²) >= 11 is 0. The molecule has 2 fully saturated rings. The summed E-state index contributed by atoms with van der Waals surface area (Å²) in [5, 5.41) is 1.14. The van der Waals surface area contributed by atoms with Gasteiger partial charge in [-0.25, -0.2) is 9.97 Å². The molecule has 2 aliphatic heterocycles. The van der Waals surface area contributed by atoms with E-state index in [1.54, 1.807) is 0 Å². The van der Waals surface area contributed by atoms with Crippen LogP contribution in [0.15, 0.2) is 54.9 Å². The van der Waals surface area contributed by atoms with Gasteiger partial charge in [0.1, 0.15) is 11.4 Å². The quantitative estimate of drug-likeness (QED) is 0.504. The Kier molecular flexibility index (Phi) is 4.96. The highest BCUT2D eigenvalue weighted by Crippen LogP contribution is 2.31. The molecule has 0 aliphatic carbocycles. The number of hydrogen-bond donors (Lipinski definition) is 1. The van der Waals surface area contributed by atoms with E-state index in [-0.39, 0.29) is 5.41 Å². The van der Waals surface area contributed by atoms with Crippen molar-refractivity contribution in [2.24, 2.45) is 11.1 Å². The molecule has 33 heavy (non-hydrogen) atoms. The van der Waals surface area contributed by atoms with Crippen molar-refractivity contribution in [2.45, 2.75) is 25.8 Å². The van der Waals surface area contributed by atoms with Crippen LogP contribution in [0, 0.1) is 5.41 Å². The fourth-order valence-electron chi connectivity index (χ4n) is 4.70. The standard InChI is InChI=1S/C26H29N5O2/c1-26(15-32-16-26)17-33-20-9-12-31-23(14-28-24(31)13-20)21-6-5-18-3-2-4-22(25(18)29-21)30-10-7-19(27)8-11-30/h2-6,9,12-14,19H,7-8,10-11,15-17,27H2,1H3. The first-order valence-electron chi connectivity index (χ1n) is 11.7. The number of ether oxygens (including phenoxy) is 2. The summed E-state index contributed by atoms with van der Waals surface area (Å²) in [4.78, 5) is 12.1. The molecule has 0 unspecified atom stereocenters. The summed E-state index contributed by atoms with van der Waals surface area (Å²) in [6.45, 7) is 6.27. The first-order valence-corrected chi connectivity index (χ1v) is 11.7. The monoisotopic (exact) mass is 443 g/mol. The van der Waals surface area contributed by atoms with Crippen molar-refractivity contribution in [1.82, 2.24) is 14.4 Å². The van der Waals surface area contributed by atoms with E-state index in [1.807, 2.05) is 24.5 Å². The van der Waals surface area contributed by atoms with Crippen LogP contribution in [0.2, 0.25) is 0 Å². The van der Waals surface area contributed by atoms with Crippen LogP contribution in [0.4, 0.5) is 5.69 Å². The molecule has 2 aliphatic rings. The number of nitrogens with two attached hydrogens (primary N) is 1. The minimum Gasteiger partial charge on any atom is -0.493 e. The van der Waals surface area contributed by atoms with E-state index in [1.165, 1.54) is 5.69 Å². The summed E-state index contributed by atoms with van der Waals surface area (Å²) in [5.41, 5.74) is 11.2. The maximum Gasteiger partial charge on any atom is 0.140 e. The third-order valence-corrected chi connectivity index (χ3v) is 6.81. The summed E-state index contributed by atoms with van der Waals surface area (Å²) in [6.07, 6.45) is 5.92. The zero-order valence-electron chi connectivity index (χ0n) is 18.9. The Morgan fingerprint density at radius 3 is 2.79 bits per heavy atom. The molecule has 0 spiro atoms. The van der Waals surface area contributed by atoms with Gasteiger partial charge in [-0.15, -0.1) is 0 Å². The van der Waals surface area contributed by atoms with Crippen LogP contribution in [-0.2, 0) is 4.74 Å². The van der Waals surface area contributed by atoms with Gasteiger partial charge in [0.05, 0.1) is 48.6 Å². The lowest BCUT2D eigenvalue weighted by Gasteiger charge is -2.37. The predicted octanol–water partition coefficient (Wildman–Crippen LogP) is 3.89. The molecule has 170 valence electrons. The van der Waals surface area contributed by atoms with Gasteiger partial charge in [0.25, 0.3) is 0 Å². The number of anilines is 1.